The van der Waals surface area contributed by atoms with Crippen molar-refractivity contribution in [2.24, 2.45) is 47.3 Å². The van der Waals surface area contributed by atoms with Gasteiger partial charge in [-0.3, -0.25) is 0 Å². The van der Waals surface area contributed by atoms with Crippen molar-refractivity contribution >= 4 is 0 Å². The lowest BCUT2D eigenvalue weighted by molar-refractivity contribution is 0.0374. The first-order chi connectivity index (χ1) is 16.2. The van der Waals surface area contributed by atoms with Crippen LogP contribution in [0.25, 0.3) is 0 Å². The Kier molecular flexibility index (Phi) is 12.7. The predicted molar refractivity (Wildman–Crippen MR) is 144 cm³/mol. The second-order valence-electron chi connectivity index (χ2n) is 12.8. The van der Waals surface area contributed by atoms with E-state index in [1.54, 1.807) is 44.9 Å². The van der Waals surface area contributed by atoms with Crippen molar-refractivity contribution in [1.29, 1.82) is 0 Å². The Morgan fingerprint density at radius 1 is 0.515 bits per heavy atom. The van der Waals surface area contributed by atoms with Gasteiger partial charge < -0.3 is 5.11 Å². The third-order valence-electron chi connectivity index (χ3n) is 10.8. The van der Waals surface area contributed by atoms with Crippen LogP contribution in [0.3, 0.4) is 0 Å². The molecule has 3 saturated carbocycles. The highest BCUT2D eigenvalue weighted by Crippen LogP contribution is 2.50. The molecule has 3 fully saturated rings. The molecular formula is C32H60O. The van der Waals surface area contributed by atoms with E-state index < -0.39 is 0 Å². The summed E-state index contributed by atoms with van der Waals surface area (Å²) in [6, 6.07) is 0. The summed E-state index contributed by atoms with van der Waals surface area (Å²) in [6.45, 7) is 7.73. The number of hydrogen-bond acceptors (Lipinski definition) is 1. The molecule has 0 spiro atoms. The molecule has 33 heavy (non-hydrogen) atoms. The van der Waals surface area contributed by atoms with E-state index in [-0.39, 0.29) is 0 Å². The van der Waals surface area contributed by atoms with Gasteiger partial charge in [0, 0.05) is 6.61 Å². The highest BCUT2D eigenvalue weighted by atomic mass is 16.2. The first-order valence-corrected chi connectivity index (χ1v) is 15.8. The lowest BCUT2D eigenvalue weighted by atomic mass is 9.59. The maximum absolute atomic E-state index is 9.06. The first-order valence-electron chi connectivity index (χ1n) is 15.8. The highest BCUT2D eigenvalue weighted by Gasteiger charge is 2.40. The van der Waals surface area contributed by atoms with E-state index in [9.17, 15) is 0 Å². The fourth-order valence-electron chi connectivity index (χ4n) is 8.77. The number of hydrogen-bond donors (Lipinski definition) is 1. The molecule has 194 valence electrons. The molecule has 0 aromatic carbocycles. The zero-order valence-electron chi connectivity index (χ0n) is 22.9. The van der Waals surface area contributed by atoms with E-state index in [4.69, 9.17) is 5.11 Å². The van der Waals surface area contributed by atoms with Crippen LogP contribution in [-0.2, 0) is 0 Å². The van der Waals surface area contributed by atoms with Crippen LogP contribution in [0.15, 0.2) is 0 Å². The van der Waals surface area contributed by atoms with Crippen molar-refractivity contribution in [2.45, 2.75) is 149 Å². The molecule has 1 nitrogen and oxygen atoms in total. The zero-order valence-corrected chi connectivity index (χ0v) is 22.9. The Balaban J connectivity index is 1.41. The molecule has 0 amide bonds. The second-order valence-corrected chi connectivity index (χ2v) is 12.8. The topological polar surface area (TPSA) is 20.2 Å². The Labute approximate surface area is 208 Å². The summed E-state index contributed by atoms with van der Waals surface area (Å²) < 4.78 is 0. The van der Waals surface area contributed by atoms with Crippen molar-refractivity contribution in [3.05, 3.63) is 0 Å². The van der Waals surface area contributed by atoms with E-state index in [1.165, 1.54) is 77.0 Å². The van der Waals surface area contributed by atoms with Gasteiger partial charge in [0.1, 0.15) is 0 Å². The van der Waals surface area contributed by atoms with E-state index in [0.717, 1.165) is 53.8 Å². The van der Waals surface area contributed by atoms with Gasteiger partial charge in [-0.2, -0.15) is 0 Å². The van der Waals surface area contributed by atoms with Crippen LogP contribution < -0.4 is 0 Å². The summed E-state index contributed by atoms with van der Waals surface area (Å²) in [4.78, 5) is 0. The quantitative estimate of drug-likeness (QED) is 0.271. The standard InChI is InChI=1S/C32H60O/c1-4-10-25-12-14-26(15-13-25)16-17-28-19-21-32(30(6-3)24-28)31-20-18-27(23-29(31)5-2)11-8-7-9-22-33/h25-33H,4-24H2,1-3H3. The van der Waals surface area contributed by atoms with Crippen LogP contribution in [0, 0.1) is 47.3 Å². The summed E-state index contributed by atoms with van der Waals surface area (Å²) in [7, 11) is 0. The molecule has 0 bridgehead atoms. The van der Waals surface area contributed by atoms with Gasteiger partial charge in [0.25, 0.3) is 0 Å². The minimum absolute atomic E-state index is 0.380. The minimum Gasteiger partial charge on any atom is -0.396 e. The third kappa shape index (κ3) is 8.54. The molecule has 3 aliphatic carbocycles. The van der Waals surface area contributed by atoms with Gasteiger partial charge in [-0.25, -0.2) is 0 Å². The van der Waals surface area contributed by atoms with Crippen LogP contribution in [0.1, 0.15) is 149 Å². The maximum Gasteiger partial charge on any atom is 0.0431 e. The molecule has 0 aliphatic heterocycles. The smallest absolute Gasteiger partial charge is 0.0431 e. The maximum atomic E-state index is 9.06. The summed E-state index contributed by atoms with van der Waals surface area (Å²) in [5.74, 6) is 8.23. The Hall–Kier alpha value is -0.0400. The fourth-order valence-corrected chi connectivity index (χ4v) is 8.77. The third-order valence-corrected chi connectivity index (χ3v) is 10.8. The Morgan fingerprint density at radius 2 is 1.00 bits per heavy atom. The lowest BCUT2D eigenvalue weighted by Crippen LogP contribution is -2.37. The lowest BCUT2D eigenvalue weighted by Gasteiger charge is -2.46. The number of aliphatic hydroxyl groups excluding tert-OH is 1. The molecular weight excluding hydrogens is 400 g/mol. The summed E-state index contributed by atoms with van der Waals surface area (Å²) in [6.07, 6.45) is 29.2. The molecule has 1 heteroatoms. The molecule has 0 aromatic rings. The SMILES string of the molecule is CCCC1CCC(CCC2CCC(C3CCC(CCCCCO)CC3CC)C(CC)C2)CC1. The summed E-state index contributed by atoms with van der Waals surface area (Å²) in [5.41, 5.74) is 0. The summed E-state index contributed by atoms with van der Waals surface area (Å²) in [5, 5.41) is 9.06. The molecule has 3 rings (SSSR count). The second kappa shape index (κ2) is 15.2. The molecule has 0 aromatic heterocycles. The van der Waals surface area contributed by atoms with Crippen LogP contribution in [-0.4, -0.2) is 11.7 Å². The number of aliphatic hydroxyl groups is 1. The minimum atomic E-state index is 0.380. The molecule has 6 unspecified atom stereocenters. The van der Waals surface area contributed by atoms with E-state index in [1.807, 2.05) is 0 Å². The normalized spacial score (nSPS) is 37.8. The van der Waals surface area contributed by atoms with Crippen LogP contribution >= 0.6 is 0 Å². The Bertz CT molecular complexity index is 493. The van der Waals surface area contributed by atoms with Gasteiger partial charge in [0.15, 0.2) is 0 Å². The van der Waals surface area contributed by atoms with Crippen LogP contribution in [0.2, 0.25) is 0 Å². The largest absolute Gasteiger partial charge is 0.396 e. The monoisotopic (exact) mass is 460 g/mol. The predicted octanol–water partition coefficient (Wildman–Crippen LogP) is 9.81. The molecule has 3 aliphatic rings. The van der Waals surface area contributed by atoms with Crippen LogP contribution in [0.4, 0.5) is 0 Å². The van der Waals surface area contributed by atoms with Gasteiger partial charge in [0.2, 0.25) is 0 Å². The molecule has 0 saturated heterocycles. The van der Waals surface area contributed by atoms with Crippen molar-refractivity contribution in [1.82, 2.24) is 0 Å². The van der Waals surface area contributed by atoms with E-state index in [2.05, 4.69) is 20.8 Å². The number of unbranched alkanes of at least 4 members (excludes halogenated alkanes) is 2. The van der Waals surface area contributed by atoms with Crippen molar-refractivity contribution < 1.29 is 5.11 Å². The van der Waals surface area contributed by atoms with Gasteiger partial charge in [-0.1, -0.05) is 117 Å². The number of rotatable bonds is 13. The van der Waals surface area contributed by atoms with Gasteiger partial charge >= 0.3 is 0 Å². The average Bonchev–Trinajstić information content (AvgIpc) is 2.86. The van der Waals surface area contributed by atoms with Gasteiger partial charge in [-0.15, -0.1) is 0 Å². The van der Waals surface area contributed by atoms with Crippen molar-refractivity contribution in [2.75, 3.05) is 6.61 Å². The molecule has 0 heterocycles. The fraction of sp³-hybridized carbons (Fsp3) is 1.00. The first kappa shape index (κ1) is 27.5. The molecule has 6 atom stereocenters. The van der Waals surface area contributed by atoms with E-state index in [0.29, 0.717) is 6.61 Å². The van der Waals surface area contributed by atoms with E-state index >= 15 is 0 Å². The average molecular weight is 461 g/mol. The zero-order chi connectivity index (χ0) is 23.5. The Morgan fingerprint density at radius 3 is 1.52 bits per heavy atom. The molecule has 0 radical (unpaired) electrons. The van der Waals surface area contributed by atoms with Crippen molar-refractivity contribution in [3.8, 4) is 0 Å². The van der Waals surface area contributed by atoms with Gasteiger partial charge in [-0.05, 0) is 79.4 Å². The highest BCUT2D eigenvalue weighted by molar-refractivity contribution is 4.90. The summed E-state index contributed by atoms with van der Waals surface area (Å²) >= 11 is 0. The molecule has 1 N–H and O–H groups in total. The van der Waals surface area contributed by atoms with Crippen molar-refractivity contribution in [3.63, 3.8) is 0 Å². The van der Waals surface area contributed by atoms with Crippen LogP contribution in [0.5, 0.6) is 0 Å². The van der Waals surface area contributed by atoms with Gasteiger partial charge in [0.05, 0.1) is 0 Å².